The van der Waals surface area contributed by atoms with Crippen LogP contribution >= 0.6 is 0 Å². The van der Waals surface area contributed by atoms with Gasteiger partial charge in [0.1, 0.15) is 0 Å². The average molecular weight is 300 g/mol. The minimum atomic E-state index is 0.398. The lowest BCUT2D eigenvalue weighted by Crippen LogP contribution is -2.47. The van der Waals surface area contributed by atoms with E-state index in [-0.39, 0.29) is 0 Å². The molecule has 0 radical (unpaired) electrons. The molecule has 2 saturated heterocycles. The number of benzene rings is 1. The van der Waals surface area contributed by atoms with Crippen molar-refractivity contribution in [2.75, 3.05) is 19.6 Å². The van der Waals surface area contributed by atoms with E-state index in [2.05, 4.69) is 41.0 Å². The maximum absolute atomic E-state index is 12.2. The van der Waals surface area contributed by atoms with E-state index in [1.807, 2.05) is 0 Å². The SMILES string of the molecule is Cc1ccc(CN2CCC(N3CCCCCC3=O)CC2)cc1. The van der Waals surface area contributed by atoms with Gasteiger partial charge in [0.05, 0.1) is 0 Å². The number of likely N-dealkylation sites (tertiary alicyclic amines) is 2. The highest BCUT2D eigenvalue weighted by molar-refractivity contribution is 5.76. The van der Waals surface area contributed by atoms with Crippen LogP contribution in [0.25, 0.3) is 0 Å². The predicted octanol–water partition coefficient (Wildman–Crippen LogP) is 3.36. The van der Waals surface area contributed by atoms with Crippen molar-refractivity contribution in [2.24, 2.45) is 0 Å². The maximum atomic E-state index is 12.2. The van der Waals surface area contributed by atoms with Crippen molar-refractivity contribution in [1.29, 1.82) is 0 Å². The largest absolute Gasteiger partial charge is 0.340 e. The zero-order valence-corrected chi connectivity index (χ0v) is 13.8. The molecular formula is C19H28N2O. The second-order valence-electron chi connectivity index (χ2n) is 6.89. The van der Waals surface area contributed by atoms with Crippen LogP contribution in [0.1, 0.15) is 49.7 Å². The minimum absolute atomic E-state index is 0.398. The van der Waals surface area contributed by atoms with Crippen LogP contribution in [0.4, 0.5) is 0 Å². The summed E-state index contributed by atoms with van der Waals surface area (Å²) in [5, 5.41) is 0. The normalized spacial score (nSPS) is 21.9. The van der Waals surface area contributed by atoms with Crippen LogP contribution in [0.3, 0.4) is 0 Å². The third kappa shape index (κ3) is 3.89. The topological polar surface area (TPSA) is 23.6 Å². The Morgan fingerprint density at radius 1 is 1.00 bits per heavy atom. The third-order valence-corrected chi connectivity index (χ3v) is 5.13. The Balaban J connectivity index is 1.51. The number of carbonyl (C=O) groups excluding carboxylic acids is 1. The molecule has 3 heteroatoms. The van der Waals surface area contributed by atoms with Gasteiger partial charge >= 0.3 is 0 Å². The Bertz CT molecular complexity index is 489. The predicted molar refractivity (Wildman–Crippen MR) is 89.7 cm³/mol. The number of amides is 1. The van der Waals surface area contributed by atoms with Gasteiger partial charge < -0.3 is 4.90 Å². The van der Waals surface area contributed by atoms with Gasteiger partial charge in [-0.15, -0.1) is 0 Å². The van der Waals surface area contributed by atoms with Crippen molar-refractivity contribution in [3.63, 3.8) is 0 Å². The molecule has 0 N–H and O–H groups in total. The molecule has 0 spiro atoms. The van der Waals surface area contributed by atoms with E-state index in [0.717, 1.165) is 51.9 Å². The monoisotopic (exact) mass is 300 g/mol. The molecule has 1 amide bonds. The van der Waals surface area contributed by atoms with Gasteiger partial charge in [0, 0.05) is 38.6 Å². The molecule has 0 aliphatic carbocycles. The molecular weight excluding hydrogens is 272 g/mol. The van der Waals surface area contributed by atoms with Gasteiger partial charge in [-0.05, 0) is 38.2 Å². The van der Waals surface area contributed by atoms with Crippen molar-refractivity contribution in [1.82, 2.24) is 9.80 Å². The minimum Gasteiger partial charge on any atom is -0.340 e. The lowest BCUT2D eigenvalue weighted by Gasteiger charge is -2.38. The van der Waals surface area contributed by atoms with E-state index in [1.165, 1.54) is 24.0 Å². The number of rotatable bonds is 3. The lowest BCUT2D eigenvalue weighted by atomic mass is 10.0. The summed E-state index contributed by atoms with van der Waals surface area (Å²) >= 11 is 0. The highest BCUT2D eigenvalue weighted by Crippen LogP contribution is 2.22. The first-order chi connectivity index (χ1) is 10.7. The second kappa shape index (κ2) is 7.28. The lowest BCUT2D eigenvalue weighted by molar-refractivity contribution is -0.133. The second-order valence-corrected chi connectivity index (χ2v) is 6.89. The summed E-state index contributed by atoms with van der Waals surface area (Å²) in [7, 11) is 0. The quantitative estimate of drug-likeness (QED) is 0.854. The molecule has 0 aromatic heterocycles. The third-order valence-electron chi connectivity index (χ3n) is 5.13. The van der Waals surface area contributed by atoms with Crippen LogP contribution in [0.15, 0.2) is 24.3 Å². The van der Waals surface area contributed by atoms with Crippen LogP contribution in [0, 0.1) is 6.92 Å². The van der Waals surface area contributed by atoms with Gasteiger partial charge in [-0.3, -0.25) is 9.69 Å². The summed E-state index contributed by atoms with van der Waals surface area (Å²) in [6.07, 6.45) is 6.53. The molecule has 1 aromatic carbocycles. The van der Waals surface area contributed by atoms with Gasteiger partial charge in [-0.2, -0.15) is 0 Å². The van der Waals surface area contributed by atoms with Crippen LogP contribution in [0.2, 0.25) is 0 Å². The van der Waals surface area contributed by atoms with Gasteiger partial charge in [0.25, 0.3) is 0 Å². The number of aryl methyl sites for hydroxylation is 1. The molecule has 1 aromatic rings. The van der Waals surface area contributed by atoms with Crippen LogP contribution in [0.5, 0.6) is 0 Å². The van der Waals surface area contributed by atoms with E-state index in [1.54, 1.807) is 0 Å². The molecule has 0 atom stereocenters. The van der Waals surface area contributed by atoms with Crippen LogP contribution in [-0.2, 0) is 11.3 Å². The summed E-state index contributed by atoms with van der Waals surface area (Å²) in [6.45, 7) is 6.39. The molecule has 0 saturated carbocycles. The summed E-state index contributed by atoms with van der Waals surface area (Å²) in [5.41, 5.74) is 2.72. The van der Waals surface area contributed by atoms with Crippen molar-refractivity contribution >= 4 is 5.91 Å². The summed E-state index contributed by atoms with van der Waals surface area (Å²) in [6, 6.07) is 9.34. The fourth-order valence-corrected chi connectivity index (χ4v) is 3.73. The molecule has 0 unspecified atom stereocenters. The molecule has 3 nitrogen and oxygen atoms in total. The molecule has 3 rings (SSSR count). The zero-order chi connectivity index (χ0) is 15.4. The van der Waals surface area contributed by atoms with Crippen molar-refractivity contribution in [3.8, 4) is 0 Å². The first kappa shape index (κ1) is 15.5. The van der Waals surface area contributed by atoms with E-state index < -0.39 is 0 Å². The Morgan fingerprint density at radius 3 is 2.45 bits per heavy atom. The Labute approximate surface area is 134 Å². The first-order valence-corrected chi connectivity index (χ1v) is 8.80. The molecule has 22 heavy (non-hydrogen) atoms. The van der Waals surface area contributed by atoms with Gasteiger partial charge in [0.15, 0.2) is 0 Å². The molecule has 2 fully saturated rings. The van der Waals surface area contributed by atoms with Gasteiger partial charge in [-0.25, -0.2) is 0 Å². The Hall–Kier alpha value is -1.35. The summed E-state index contributed by atoms with van der Waals surface area (Å²) in [5.74, 6) is 0.398. The Morgan fingerprint density at radius 2 is 1.73 bits per heavy atom. The smallest absolute Gasteiger partial charge is 0.222 e. The molecule has 0 bridgehead atoms. The van der Waals surface area contributed by atoms with E-state index in [9.17, 15) is 4.79 Å². The molecule has 120 valence electrons. The number of hydrogen-bond acceptors (Lipinski definition) is 2. The number of piperidine rings is 1. The zero-order valence-electron chi connectivity index (χ0n) is 13.8. The fraction of sp³-hybridized carbons (Fsp3) is 0.632. The van der Waals surface area contributed by atoms with Gasteiger partial charge in [0.2, 0.25) is 5.91 Å². The van der Waals surface area contributed by atoms with Crippen molar-refractivity contribution in [2.45, 2.75) is 58.0 Å². The van der Waals surface area contributed by atoms with E-state index in [4.69, 9.17) is 0 Å². The van der Waals surface area contributed by atoms with Crippen molar-refractivity contribution in [3.05, 3.63) is 35.4 Å². The Kier molecular flexibility index (Phi) is 5.14. The highest BCUT2D eigenvalue weighted by Gasteiger charge is 2.28. The summed E-state index contributed by atoms with van der Waals surface area (Å²) < 4.78 is 0. The number of hydrogen-bond donors (Lipinski definition) is 0. The number of nitrogens with zero attached hydrogens (tertiary/aromatic N) is 2. The fourth-order valence-electron chi connectivity index (χ4n) is 3.73. The van der Waals surface area contributed by atoms with E-state index in [0.29, 0.717) is 11.9 Å². The summed E-state index contributed by atoms with van der Waals surface area (Å²) in [4.78, 5) is 17.0. The van der Waals surface area contributed by atoms with Crippen LogP contribution in [-0.4, -0.2) is 41.4 Å². The number of carbonyl (C=O) groups is 1. The highest BCUT2D eigenvalue weighted by atomic mass is 16.2. The standard InChI is InChI=1S/C19H28N2O/c1-16-6-8-17(9-7-16)15-20-13-10-18(11-14-20)21-12-4-2-3-5-19(21)22/h6-9,18H,2-5,10-15H2,1H3. The van der Waals surface area contributed by atoms with Crippen LogP contribution < -0.4 is 0 Å². The first-order valence-electron chi connectivity index (χ1n) is 8.80. The molecule has 2 heterocycles. The van der Waals surface area contributed by atoms with Gasteiger partial charge in [-0.1, -0.05) is 36.2 Å². The average Bonchev–Trinajstić information content (AvgIpc) is 2.75. The van der Waals surface area contributed by atoms with Crippen molar-refractivity contribution < 1.29 is 4.79 Å². The molecule has 2 aliphatic rings. The van der Waals surface area contributed by atoms with E-state index >= 15 is 0 Å². The maximum Gasteiger partial charge on any atom is 0.222 e. The molecule has 2 aliphatic heterocycles.